The van der Waals surface area contributed by atoms with E-state index >= 15 is 0 Å². The Morgan fingerprint density at radius 2 is 2.22 bits per heavy atom. The van der Waals surface area contributed by atoms with Gasteiger partial charge in [-0.3, -0.25) is 4.79 Å². The van der Waals surface area contributed by atoms with Gasteiger partial charge in [0.2, 0.25) is 0 Å². The Hall–Kier alpha value is -1.73. The third-order valence-corrected chi connectivity index (χ3v) is 5.38. The molecule has 6 nitrogen and oxygen atoms in total. The highest BCUT2D eigenvalue weighted by Crippen LogP contribution is 2.26. The van der Waals surface area contributed by atoms with Crippen molar-refractivity contribution in [2.45, 2.75) is 32.2 Å². The van der Waals surface area contributed by atoms with Gasteiger partial charge in [0.15, 0.2) is 0 Å². The number of amides is 1. The van der Waals surface area contributed by atoms with Gasteiger partial charge in [0.25, 0.3) is 5.91 Å². The molecule has 0 N–H and O–H groups in total. The molecule has 0 saturated carbocycles. The van der Waals surface area contributed by atoms with Crippen molar-refractivity contribution in [3.63, 3.8) is 0 Å². The molecule has 1 aliphatic heterocycles. The van der Waals surface area contributed by atoms with Crippen LogP contribution in [0.3, 0.4) is 0 Å². The molecule has 0 aliphatic carbocycles. The zero-order chi connectivity index (χ0) is 16.2. The molecule has 3 heterocycles. The number of ether oxygens (including phenoxy) is 1. The number of aryl methyl sites for hydroxylation is 1. The first-order valence-corrected chi connectivity index (χ1v) is 8.79. The highest BCUT2D eigenvalue weighted by Gasteiger charge is 2.27. The number of carbonyl (C=O) groups is 1. The van der Waals surface area contributed by atoms with E-state index < -0.39 is 0 Å². The maximum Gasteiger partial charge on any atom is 0.264 e. The van der Waals surface area contributed by atoms with Crippen molar-refractivity contribution in [1.29, 1.82) is 0 Å². The van der Waals surface area contributed by atoms with Crippen LogP contribution < -0.4 is 0 Å². The summed E-state index contributed by atoms with van der Waals surface area (Å²) in [6.07, 6.45) is 4.45. The predicted octanol–water partition coefficient (Wildman–Crippen LogP) is 2.31. The normalized spacial score (nSPS) is 16.0. The standard InChI is InChI=1S/C16H22N4O2S/c1-12-6-10-23-15(12)16(21)19-7-3-13(4-8-19)20-11-17-18-14(20)5-9-22-2/h6,10-11,13H,3-5,7-9H2,1-2H3. The smallest absolute Gasteiger partial charge is 0.264 e. The Bertz CT molecular complexity index is 659. The first-order valence-electron chi connectivity index (χ1n) is 7.91. The molecule has 124 valence electrons. The molecule has 0 unspecified atom stereocenters. The van der Waals surface area contributed by atoms with Crippen LogP contribution in [0.4, 0.5) is 0 Å². The largest absolute Gasteiger partial charge is 0.384 e. The second-order valence-corrected chi connectivity index (χ2v) is 6.77. The van der Waals surface area contributed by atoms with E-state index in [0.29, 0.717) is 12.6 Å². The molecule has 0 atom stereocenters. The summed E-state index contributed by atoms with van der Waals surface area (Å²) >= 11 is 1.53. The molecule has 3 rings (SSSR count). The molecule has 1 aliphatic rings. The molecule has 0 bridgehead atoms. The average molecular weight is 334 g/mol. The number of hydrogen-bond donors (Lipinski definition) is 0. The van der Waals surface area contributed by atoms with E-state index in [1.54, 1.807) is 13.4 Å². The van der Waals surface area contributed by atoms with E-state index in [0.717, 1.165) is 48.6 Å². The third kappa shape index (κ3) is 3.45. The summed E-state index contributed by atoms with van der Waals surface area (Å²) in [4.78, 5) is 15.4. The van der Waals surface area contributed by atoms with E-state index in [-0.39, 0.29) is 5.91 Å². The molecule has 1 saturated heterocycles. The summed E-state index contributed by atoms with van der Waals surface area (Å²) in [7, 11) is 1.69. The first kappa shape index (κ1) is 16.1. The summed E-state index contributed by atoms with van der Waals surface area (Å²) in [6.45, 7) is 4.20. The highest BCUT2D eigenvalue weighted by molar-refractivity contribution is 7.12. The van der Waals surface area contributed by atoms with Crippen LogP contribution in [-0.2, 0) is 11.2 Å². The quantitative estimate of drug-likeness (QED) is 0.842. The fraction of sp³-hybridized carbons (Fsp3) is 0.562. The molecule has 2 aromatic rings. The van der Waals surface area contributed by atoms with Crippen LogP contribution in [0, 0.1) is 6.92 Å². The van der Waals surface area contributed by atoms with Gasteiger partial charge in [-0.05, 0) is 36.8 Å². The van der Waals surface area contributed by atoms with Crippen LogP contribution in [0.5, 0.6) is 0 Å². The van der Waals surface area contributed by atoms with Crippen LogP contribution in [-0.4, -0.2) is 52.4 Å². The van der Waals surface area contributed by atoms with Gasteiger partial charge in [0.05, 0.1) is 11.5 Å². The Morgan fingerprint density at radius 1 is 1.43 bits per heavy atom. The molecule has 7 heteroatoms. The van der Waals surface area contributed by atoms with E-state index in [9.17, 15) is 4.79 Å². The molecular weight excluding hydrogens is 312 g/mol. The summed E-state index contributed by atoms with van der Waals surface area (Å²) < 4.78 is 7.28. The van der Waals surface area contributed by atoms with Crippen LogP contribution in [0.15, 0.2) is 17.8 Å². The average Bonchev–Trinajstić information content (AvgIpc) is 3.21. The zero-order valence-electron chi connectivity index (χ0n) is 13.6. The summed E-state index contributed by atoms with van der Waals surface area (Å²) in [5, 5.41) is 10.2. The summed E-state index contributed by atoms with van der Waals surface area (Å²) in [6, 6.07) is 2.37. The zero-order valence-corrected chi connectivity index (χ0v) is 14.4. The number of methoxy groups -OCH3 is 1. The Morgan fingerprint density at radius 3 is 2.87 bits per heavy atom. The number of rotatable bonds is 5. The fourth-order valence-corrected chi connectivity index (χ4v) is 3.92. The molecule has 2 aromatic heterocycles. The summed E-state index contributed by atoms with van der Waals surface area (Å²) in [5.74, 6) is 1.13. The van der Waals surface area contributed by atoms with Crippen molar-refractivity contribution in [1.82, 2.24) is 19.7 Å². The van der Waals surface area contributed by atoms with Crippen LogP contribution in [0.2, 0.25) is 0 Å². The number of piperidine rings is 1. The van der Waals surface area contributed by atoms with E-state index in [2.05, 4.69) is 14.8 Å². The number of nitrogens with zero attached hydrogens (tertiary/aromatic N) is 4. The molecule has 0 spiro atoms. The number of likely N-dealkylation sites (tertiary alicyclic amines) is 1. The lowest BCUT2D eigenvalue weighted by Crippen LogP contribution is -2.39. The van der Waals surface area contributed by atoms with Crippen LogP contribution in [0.1, 0.15) is 39.9 Å². The number of thiophene rings is 1. The van der Waals surface area contributed by atoms with Gasteiger partial charge in [-0.1, -0.05) is 0 Å². The minimum atomic E-state index is 0.166. The van der Waals surface area contributed by atoms with E-state index in [4.69, 9.17) is 4.74 Å². The molecule has 1 fully saturated rings. The lowest BCUT2D eigenvalue weighted by Gasteiger charge is -2.33. The minimum Gasteiger partial charge on any atom is -0.384 e. The maximum absolute atomic E-state index is 12.6. The SMILES string of the molecule is COCCc1nncn1C1CCN(C(=O)c2sccc2C)CC1. The van der Waals surface area contributed by atoms with E-state index in [1.165, 1.54) is 11.3 Å². The van der Waals surface area contributed by atoms with Gasteiger partial charge in [-0.15, -0.1) is 21.5 Å². The fourth-order valence-electron chi connectivity index (χ4n) is 3.03. The van der Waals surface area contributed by atoms with Crippen LogP contribution >= 0.6 is 11.3 Å². The van der Waals surface area contributed by atoms with Gasteiger partial charge in [0, 0.05) is 32.7 Å². The Balaban J connectivity index is 1.61. The van der Waals surface area contributed by atoms with Crippen molar-refractivity contribution in [2.24, 2.45) is 0 Å². The van der Waals surface area contributed by atoms with Crippen molar-refractivity contribution >= 4 is 17.2 Å². The molecule has 0 radical (unpaired) electrons. The second kappa shape index (κ2) is 7.23. The number of carbonyl (C=O) groups excluding carboxylic acids is 1. The van der Waals surface area contributed by atoms with Gasteiger partial charge < -0.3 is 14.2 Å². The van der Waals surface area contributed by atoms with Crippen molar-refractivity contribution in [3.05, 3.63) is 34.0 Å². The minimum absolute atomic E-state index is 0.166. The lowest BCUT2D eigenvalue weighted by molar-refractivity contribution is 0.0697. The van der Waals surface area contributed by atoms with Crippen molar-refractivity contribution in [3.8, 4) is 0 Å². The van der Waals surface area contributed by atoms with Gasteiger partial charge in [-0.25, -0.2) is 0 Å². The topological polar surface area (TPSA) is 60.3 Å². The third-order valence-electron chi connectivity index (χ3n) is 4.38. The van der Waals surface area contributed by atoms with Gasteiger partial charge in [0.1, 0.15) is 12.2 Å². The summed E-state index contributed by atoms with van der Waals surface area (Å²) in [5.41, 5.74) is 1.07. The molecule has 1 amide bonds. The van der Waals surface area contributed by atoms with Gasteiger partial charge >= 0.3 is 0 Å². The Kier molecular flexibility index (Phi) is 5.07. The number of aromatic nitrogens is 3. The maximum atomic E-state index is 12.6. The monoisotopic (exact) mass is 334 g/mol. The first-order chi connectivity index (χ1) is 11.2. The van der Waals surface area contributed by atoms with Gasteiger partial charge in [-0.2, -0.15) is 0 Å². The van der Waals surface area contributed by atoms with E-state index in [1.807, 2.05) is 23.3 Å². The number of hydrogen-bond acceptors (Lipinski definition) is 5. The van der Waals surface area contributed by atoms with Crippen molar-refractivity contribution in [2.75, 3.05) is 26.8 Å². The highest BCUT2D eigenvalue weighted by atomic mass is 32.1. The molecule has 23 heavy (non-hydrogen) atoms. The lowest BCUT2D eigenvalue weighted by atomic mass is 10.0. The van der Waals surface area contributed by atoms with Crippen LogP contribution in [0.25, 0.3) is 0 Å². The van der Waals surface area contributed by atoms with Crippen molar-refractivity contribution < 1.29 is 9.53 Å². The molecular formula is C16H22N4O2S. The molecule has 0 aromatic carbocycles. The second-order valence-electron chi connectivity index (χ2n) is 5.85. The Labute approximate surface area is 140 Å². The predicted molar refractivity (Wildman–Crippen MR) is 88.8 cm³/mol.